The maximum Gasteiger partial charge on any atom is 0.247 e. The van der Waals surface area contributed by atoms with Gasteiger partial charge in [0.15, 0.2) is 0 Å². The lowest BCUT2D eigenvalue weighted by molar-refractivity contribution is -0.140. The molecular formula is C18H22ClN3O3. The van der Waals surface area contributed by atoms with Crippen LogP contribution in [-0.4, -0.2) is 53.7 Å². The molecule has 1 aromatic rings. The van der Waals surface area contributed by atoms with Gasteiger partial charge in [-0.2, -0.15) is 0 Å². The third-order valence-corrected chi connectivity index (χ3v) is 5.31. The molecule has 2 saturated heterocycles. The van der Waals surface area contributed by atoms with Gasteiger partial charge in [0.1, 0.15) is 0 Å². The van der Waals surface area contributed by atoms with Gasteiger partial charge in [0.05, 0.1) is 19.0 Å². The van der Waals surface area contributed by atoms with Crippen molar-refractivity contribution in [3.8, 4) is 0 Å². The molecule has 3 rings (SSSR count). The number of halogens is 1. The number of carbonyl (C=O) groups is 3. The quantitative estimate of drug-likeness (QED) is 0.821. The van der Waals surface area contributed by atoms with Crippen LogP contribution >= 0.6 is 11.6 Å². The van der Waals surface area contributed by atoms with E-state index in [1.54, 1.807) is 19.2 Å². The standard InChI is InChI=1S/C18H22ClN3O3/c1-20-17(24)13-6-8-21(9-7-13)15-10-16(23)22(18(15)25)11-12-2-4-14(19)5-3-12/h2-5,13,15H,6-11H2,1H3,(H,20,24). The number of hydrogen-bond acceptors (Lipinski definition) is 4. The van der Waals surface area contributed by atoms with E-state index in [1.165, 1.54) is 4.90 Å². The maximum atomic E-state index is 12.7. The molecule has 0 bridgehead atoms. The Morgan fingerprint density at radius 2 is 1.84 bits per heavy atom. The molecule has 7 heteroatoms. The van der Waals surface area contributed by atoms with Gasteiger partial charge in [-0.1, -0.05) is 23.7 Å². The molecule has 2 aliphatic rings. The van der Waals surface area contributed by atoms with Crippen molar-refractivity contribution in [3.05, 3.63) is 34.9 Å². The second kappa shape index (κ2) is 7.54. The van der Waals surface area contributed by atoms with Gasteiger partial charge in [0, 0.05) is 18.0 Å². The van der Waals surface area contributed by atoms with Crippen molar-refractivity contribution >= 4 is 29.3 Å². The second-order valence-electron chi connectivity index (χ2n) is 6.59. The van der Waals surface area contributed by atoms with Crippen molar-refractivity contribution in [2.75, 3.05) is 20.1 Å². The molecule has 1 atom stereocenters. The molecule has 0 spiro atoms. The summed E-state index contributed by atoms with van der Waals surface area (Å²) in [6.07, 6.45) is 1.65. The Balaban J connectivity index is 1.61. The lowest BCUT2D eigenvalue weighted by atomic mass is 9.94. The monoisotopic (exact) mass is 363 g/mol. The zero-order valence-corrected chi connectivity index (χ0v) is 15.0. The number of benzene rings is 1. The van der Waals surface area contributed by atoms with Crippen LogP contribution < -0.4 is 5.32 Å². The van der Waals surface area contributed by atoms with Crippen LogP contribution in [0.4, 0.5) is 0 Å². The van der Waals surface area contributed by atoms with Crippen LogP contribution in [0.25, 0.3) is 0 Å². The Kier molecular flexibility index (Phi) is 5.39. The van der Waals surface area contributed by atoms with Gasteiger partial charge < -0.3 is 5.32 Å². The summed E-state index contributed by atoms with van der Waals surface area (Å²) in [5, 5.41) is 3.30. The van der Waals surface area contributed by atoms with Crippen LogP contribution in [0.5, 0.6) is 0 Å². The van der Waals surface area contributed by atoms with E-state index in [0.29, 0.717) is 18.1 Å². The molecule has 0 saturated carbocycles. The molecular weight excluding hydrogens is 342 g/mol. The molecule has 0 aliphatic carbocycles. The molecule has 6 nitrogen and oxygen atoms in total. The van der Waals surface area contributed by atoms with E-state index in [0.717, 1.165) is 18.4 Å². The topological polar surface area (TPSA) is 69.7 Å². The van der Waals surface area contributed by atoms with Gasteiger partial charge in [-0.05, 0) is 43.6 Å². The first-order valence-corrected chi connectivity index (χ1v) is 8.91. The van der Waals surface area contributed by atoms with E-state index in [9.17, 15) is 14.4 Å². The van der Waals surface area contributed by atoms with Crippen molar-refractivity contribution in [1.29, 1.82) is 0 Å². The predicted molar refractivity (Wildman–Crippen MR) is 93.8 cm³/mol. The number of amides is 3. The fourth-order valence-corrected chi connectivity index (χ4v) is 3.69. The fraction of sp³-hybridized carbons (Fsp3) is 0.500. The number of imide groups is 1. The molecule has 1 N–H and O–H groups in total. The summed E-state index contributed by atoms with van der Waals surface area (Å²) in [5.41, 5.74) is 0.880. The van der Waals surface area contributed by atoms with Crippen molar-refractivity contribution in [3.63, 3.8) is 0 Å². The van der Waals surface area contributed by atoms with Crippen molar-refractivity contribution in [2.45, 2.75) is 31.8 Å². The first kappa shape index (κ1) is 17.9. The summed E-state index contributed by atoms with van der Waals surface area (Å²) in [4.78, 5) is 40.1. The molecule has 3 amide bonds. The average Bonchev–Trinajstić information content (AvgIpc) is 2.91. The van der Waals surface area contributed by atoms with Crippen LogP contribution in [0.15, 0.2) is 24.3 Å². The van der Waals surface area contributed by atoms with Gasteiger partial charge >= 0.3 is 0 Å². The Labute approximate surface area is 152 Å². The number of hydrogen-bond donors (Lipinski definition) is 1. The minimum absolute atomic E-state index is 0.00127. The Morgan fingerprint density at radius 3 is 2.44 bits per heavy atom. The lowest BCUT2D eigenvalue weighted by Gasteiger charge is -2.34. The zero-order valence-electron chi connectivity index (χ0n) is 14.2. The first-order valence-electron chi connectivity index (χ1n) is 8.54. The molecule has 134 valence electrons. The van der Waals surface area contributed by atoms with E-state index in [4.69, 9.17) is 11.6 Å². The minimum atomic E-state index is -0.398. The Hall–Kier alpha value is -1.92. The van der Waals surface area contributed by atoms with Crippen LogP contribution in [0.1, 0.15) is 24.8 Å². The highest BCUT2D eigenvalue weighted by molar-refractivity contribution is 6.30. The summed E-state index contributed by atoms with van der Waals surface area (Å²) in [7, 11) is 1.64. The SMILES string of the molecule is CNC(=O)C1CCN(C2CC(=O)N(Cc3ccc(Cl)cc3)C2=O)CC1. The third-order valence-electron chi connectivity index (χ3n) is 5.06. The van der Waals surface area contributed by atoms with E-state index in [-0.39, 0.29) is 36.6 Å². The lowest BCUT2D eigenvalue weighted by Crippen LogP contribution is -2.47. The number of likely N-dealkylation sites (tertiary alicyclic amines) is 2. The number of nitrogens with zero attached hydrogens (tertiary/aromatic N) is 2. The van der Waals surface area contributed by atoms with E-state index in [2.05, 4.69) is 5.32 Å². The second-order valence-corrected chi connectivity index (χ2v) is 7.03. The minimum Gasteiger partial charge on any atom is -0.359 e. The smallest absolute Gasteiger partial charge is 0.247 e. The molecule has 1 aromatic carbocycles. The summed E-state index contributed by atoms with van der Waals surface area (Å²) in [5.74, 6) is -0.229. The van der Waals surface area contributed by atoms with E-state index < -0.39 is 6.04 Å². The third kappa shape index (κ3) is 3.85. The summed E-state index contributed by atoms with van der Waals surface area (Å²) < 4.78 is 0. The number of rotatable bonds is 4. The average molecular weight is 364 g/mol. The number of piperidine rings is 1. The molecule has 2 aliphatic heterocycles. The van der Waals surface area contributed by atoms with Crippen molar-refractivity contribution < 1.29 is 14.4 Å². The highest BCUT2D eigenvalue weighted by Crippen LogP contribution is 2.26. The number of carbonyl (C=O) groups excluding carboxylic acids is 3. The summed E-state index contributed by atoms with van der Waals surface area (Å²) in [6, 6.07) is 6.76. The van der Waals surface area contributed by atoms with E-state index in [1.807, 2.05) is 17.0 Å². The molecule has 2 fully saturated rings. The first-order chi connectivity index (χ1) is 12.0. The molecule has 0 aromatic heterocycles. The molecule has 0 radical (unpaired) electrons. The summed E-state index contributed by atoms with van der Waals surface area (Å²) >= 11 is 5.87. The van der Waals surface area contributed by atoms with E-state index >= 15 is 0 Å². The largest absolute Gasteiger partial charge is 0.359 e. The van der Waals surface area contributed by atoms with Crippen LogP contribution in [-0.2, 0) is 20.9 Å². The fourth-order valence-electron chi connectivity index (χ4n) is 3.57. The van der Waals surface area contributed by atoms with Crippen LogP contribution in [0.3, 0.4) is 0 Å². The highest BCUT2D eigenvalue weighted by Gasteiger charge is 2.43. The molecule has 2 heterocycles. The Morgan fingerprint density at radius 1 is 1.20 bits per heavy atom. The van der Waals surface area contributed by atoms with Gasteiger partial charge in [-0.25, -0.2) is 0 Å². The maximum absolute atomic E-state index is 12.7. The van der Waals surface area contributed by atoms with Gasteiger partial charge in [0.2, 0.25) is 17.7 Å². The molecule has 25 heavy (non-hydrogen) atoms. The van der Waals surface area contributed by atoms with Crippen molar-refractivity contribution in [1.82, 2.24) is 15.1 Å². The van der Waals surface area contributed by atoms with Crippen molar-refractivity contribution in [2.24, 2.45) is 5.92 Å². The highest BCUT2D eigenvalue weighted by atomic mass is 35.5. The number of nitrogens with one attached hydrogen (secondary N) is 1. The Bertz CT molecular complexity index is 669. The normalized spacial score (nSPS) is 22.5. The van der Waals surface area contributed by atoms with Crippen LogP contribution in [0, 0.1) is 5.92 Å². The summed E-state index contributed by atoms with van der Waals surface area (Å²) in [6.45, 7) is 1.60. The predicted octanol–water partition coefficient (Wildman–Crippen LogP) is 1.43. The van der Waals surface area contributed by atoms with Crippen LogP contribution in [0.2, 0.25) is 5.02 Å². The van der Waals surface area contributed by atoms with Gasteiger partial charge in [-0.3, -0.25) is 24.2 Å². The van der Waals surface area contributed by atoms with Gasteiger partial charge in [0.25, 0.3) is 0 Å². The zero-order chi connectivity index (χ0) is 18.0. The molecule has 1 unspecified atom stereocenters. The van der Waals surface area contributed by atoms with Gasteiger partial charge in [-0.15, -0.1) is 0 Å².